The predicted octanol–water partition coefficient (Wildman–Crippen LogP) is 1.66. The van der Waals surface area contributed by atoms with Crippen LogP contribution in [0.15, 0.2) is 24.3 Å². The summed E-state index contributed by atoms with van der Waals surface area (Å²) in [5.74, 6) is -0.402. The zero-order chi connectivity index (χ0) is 12.1. The predicted molar refractivity (Wildman–Crippen MR) is 62.1 cm³/mol. The molecule has 1 unspecified atom stereocenters. The van der Waals surface area contributed by atoms with E-state index in [0.717, 1.165) is 19.4 Å². The number of carbonyl (C=O) groups excluding carboxylic acids is 1. The minimum Gasteiger partial charge on any atom is -0.376 e. The van der Waals surface area contributed by atoms with E-state index < -0.39 is 0 Å². The van der Waals surface area contributed by atoms with Crippen molar-refractivity contribution in [2.45, 2.75) is 25.4 Å². The van der Waals surface area contributed by atoms with Crippen molar-refractivity contribution in [3.05, 3.63) is 35.6 Å². The normalized spacial score (nSPS) is 19.2. The molecule has 17 heavy (non-hydrogen) atoms. The molecule has 92 valence electrons. The van der Waals surface area contributed by atoms with Crippen molar-refractivity contribution in [3.63, 3.8) is 0 Å². The molecule has 4 heteroatoms. The Balaban J connectivity index is 1.76. The Bertz CT molecular complexity index is 389. The minimum absolute atomic E-state index is 0.0916. The summed E-state index contributed by atoms with van der Waals surface area (Å²) < 4.78 is 18.3. The summed E-state index contributed by atoms with van der Waals surface area (Å²) in [6, 6.07) is 6.10. The summed E-state index contributed by atoms with van der Waals surface area (Å²) in [4.78, 5) is 11.6. The number of carbonyl (C=O) groups is 1. The molecule has 0 aliphatic carbocycles. The summed E-state index contributed by atoms with van der Waals surface area (Å²) in [6.07, 6.45) is 2.42. The van der Waals surface area contributed by atoms with Crippen molar-refractivity contribution in [2.24, 2.45) is 0 Å². The van der Waals surface area contributed by atoms with E-state index in [9.17, 15) is 9.18 Å². The molecule has 1 fully saturated rings. The first-order valence-corrected chi connectivity index (χ1v) is 5.87. The first kappa shape index (κ1) is 12.0. The Labute approximate surface area is 100.0 Å². The highest BCUT2D eigenvalue weighted by Crippen LogP contribution is 2.10. The molecule has 2 rings (SSSR count). The lowest BCUT2D eigenvalue weighted by Gasteiger charge is -2.10. The number of rotatable bonds is 4. The van der Waals surface area contributed by atoms with Crippen LogP contribution in [-0.4, -0.2) is 25.2 Å². The number of hydrogen-bond donors (Lipinski definition) is 1. The van der Waals surface area contributed by atoms with Crippen LogP contribution >= 0.6 is 0 Å². The molecule has 1 aliphatic rings. The van der Waals surface area contributed by atoms with Gasteiger partial charge in [-0.25, -0.2) is 4.39 Å². The Morgan fingerprint density at radius 3 is 3.12 bits per heavy atom. The van der Waals surface area contributed by atoms with Crippen LogP contribution in [0.25, 0.3) is 0 Å². The van der Waals surface area contributed by atoms with Crippen LogP contribution in [0.1, 0.15) is 18.4 Å². The van der Waals surface area contributed by atoms with Gasteiger partial charge in [-0.15, -0.1) is 0 Å². The van der Waals surface area contributed by atoms with E-state index in [1.165, 1.54) is 12.1 Å². The molecule has 1 heterocycles. The molecule has 0 saturated carbocycles. The van der Waals surface area contributed by atoms with Crippen molar-refractivity contribution in [1.82, 2.24) is 5.32 Å². The lowest BCUT2D eigenvalue weighted by molar-refractivity contribution is -0.120. The van der Waals surface area contributed by atoms with Gasteiger partial charge in [0.25, 0.3) is 0 Å². The highest BCUT2D eigenvalue weighted by molar-refractivity contribution is 5.78. The molecular weight excluding hydrogens is 221 g/mol. The smallest absolute Gasteiger partial charge is 0.224 e. The van der Waals surface area contributed by atoms with Gasteiger partial charge in [0.2, 0.25) is 5.91 Å². The number of amides is 1. The minimum atomic E-state index is -0.311. The fraction of sp³-hybridized carbons (Fsp3) is 0.462. The molecule has 1 amide bonds. The van der Waals surface area contributed by atoms with Crippen LogP contribution in [-0.2, 0) is 16.0 Å². The van der Waals surface area contributed by atoms with E-state index in [4.69, 9.17) is 4.74 Å². The molecule has 1 saturated heterocycles. The molecule has 1 N–H and O–H groups in total. The van der Waals surface area contributed by atoms with Crippen LogP contribution in [0, 0.1) is 5.82 Å². The van der Waals surface area contributed by atoms with Crippen LogP contribution < -0.4 is 5.32 Å². The lowest BCUT2D eigenvalue weighted by Crippen LogP contribution is -2.32. The molecule has 1 aromatic carbocycles. The fourth-order valence-electron chi connectivity index (χ4n) is 1.93. The molecule has 3 nitrogen and oxygen atoms in total. The van der Waals surface area contributed by atoms with E-state index in [0.29, 0.717) is 12.1 Å². The Morgan fingerprint density at radius 2 is 2.41 bits per heavy atom. The molecule has 1 aromatic rings. The van der Waals surface area contributed by atoms with Gasteiger partial charge in [-0.1, -0.05) is 12.1 Å². The molecule has 0 bridgehead atoms. The molecule has 1 aliphatic heterocycles. The molecule has 0 spiro atoms. The van der Waals surface area contributed by atoms with Crippen LogP contribution in [0.3, 0.4) is 0 Å². The fourth-order valence-corrected chi connectivity index (χ4v) is 1.93. The van der Waals surface area contributed by atoms with Gasteiger partial charge in [-0.2, -0.15) is 0 Å². The van der Waals surface area contributed by atoms with Crippen LogP contribution in [0.5, 0.6) is 0 Å². The summed E-state index contributed by atoms with van der Waals surface area (Å²) >= 11 is 0. The maximum atomic E-state index is 12.9. The van der Waals surface area contributed by atoms with Gasteiger partial charge in [0.15, 0.2) is 0 Å². The Hall–Kier alpha value is -1.42. The van der Waals surface area contributed by atoms with Crippen LogP contribution in [0.4, 0.5) is 4.39 Å². The highest BCUT2D eigenvalue weighted by Gasteiger charge is 2.16. The van der Waals surface area contributed by atoms with Gasteiger partial charge in [0.1, 0.15) is 5.82 Å². The monoisotopic (exact) mass is 237 g/mol. The van der Waals surface area contributed by atoms with Gasteiger partial charge in [-0.3, -0.25) is 4.79 Å². The zero-order valence-electron chi connectivity index (χ0n) is 9.62. The van der Waals surface area contributed by atoms with E-state index in [1.54, 1.807) is 12.1 Å². The molecular formula is C13H16FNO2. The maximum Gasteiger partial charge on any atom is 0.224 e. The topological polar surface area (TPSA) is 38.3 Å². The van der Waals surface area contributed by atoms with Crippen molar-refractivity contribution in [2.75, 3.05) is 13.2 Å². The first-order chi connectivity index (χ1) is 8.24. The number of nitrogens with one attached hydrogen (secondary N) is 1. The third kappa shape index (κ3) is 3.82. The number of benzene rings is 1. The van der Waals surface area contributed by atoms with E-state index in [1.807, 2.05) is 0 Å². The maximum absolute atomic E-state index is 12.9. The Kier molecular flexibility index (Phi) is 4.09. The average Bonchev–Trinajstić information content (AvgIpc) is 2.79. The van der Waals surface area contributed by atoms with Gasteiger partial charge in [-0.05, 0) is 30.5 Å². The zero-order valence-corrected chi connectivity index (χ0v) is 9.62. The van der Waals surface area contributed by atoms with Crippen molar-refractivity contribution < 1.29 is 13.9 Å². The second-order valence-corrected chi connectivity index (χ2v) is 4.25. The highest BCUT2D eigenvalue weighted by atomic mass is 19.1. The number of hydrogen-bond acceptors (Lipinski definition) is 2. The number of halogens is 1. The average molecular weight is 237 g/mol. The third-order valence-corrected chi connectivity index (χ3v) is 2.80. The van der Waals surface area contributed by atoms with Gasteiger partial charge >= 0.3 is 0 Å². The molecule has 0 radical (unpaired) electrons. The quantitative estimate of drug-likeness (QED) is 0.865. The molecule has 1 atom stereocenters. The Morgan fingerprint density at radius 1 is 1.53 bits per heavy atom. The van der Waals surface area contributed by atoms with Crippen molar-refractivity contribution in [1.29, 1.82) is 0 Å². The van der Waals surface area contributed by atoms with Gasteiger partial charge < -0.3 is 10.1 Å². The van der Waals surface area contributed by atoms with E-state index >= 15 is 0 Å². The van der Waals surface area contributed by atoms with Crippen molar-refractivity contribution in [3.8, 4) is 0 Å². The molecule has 0 aromatic heterocycles. The van der Waals surface area contributed by atoms with E-state index in [2.05, 4.69) is 5.32 Å². The second kappa shape index (κ2) is 5.77. The second-order valence-electron chi connectivity index (χ2n) is 4.25. The SMILES string of the molecule is O=C(Cc1cccc(F)c1)NCC1CCCO1. The van der Waals surface area contributed by atoms with Crippen molar-refractivity contribution >= 4 is 5.91 Å². The summed E-state index contributed by atoms with van der Waals surface area (Å²) in [5, 5.41) is 2.81. The lowest BCUT2D eigenvalue weighted by atomic mass is 10.1. The summed E-state index contributed by atoms with van der Waals surface area (Å²) in [5.41, 5.74) is 0.690. The third-order valence-electron chi connectivity index (χ3n) is 2.80. The summed E-state index contributed by atoms with van der Waals surface area (Å²) in [7, 11) is 0. The summed E-state index contributed by atoms with van der Waals surface area (Å²) in [6.45, 7) is 1.33. The van der Waals surface area contributed by atoms with Crippen LogP contribution in [0.2, 0.25) is 0 Å². The first-order valence-electron chi connectivity index (χ1n) is 5.87. The van der Waals surface area contributed by atoms with E-state index in [-0.39, 0.29) is 24.2 Å². The standard InChI is InChI=1S/C13H16FNO2/c14-11-4-1-3-10(7-11)8-13(16)15-9-12-5-2-6-17-12/h1,3-4,7,12H,2,5-6,8-9H2,(H,15,16). The largest absolute Gasteiger partial charge is 0.376 e. The van der Waals surface area contributed by atoms with Gasteiger partial charge in [0.05, 0.1) is 12.5 Å². The van der Waals surface area contributed by atoms with Gasteiger partial charge in [0, 0.05) is 13.2 Å². The number of ether oxygens (including phenoxy) is 1.